The molecule has 0 fully saturated rings. The van der Waals surface area contributed by atoms with E-state index >= 15 is 0 Å². The van der Waals surface area contributed by atoms with E-state index in [1.165, 1.54) is 17.4 Å². The Hall–Kier alpha value is -4.09. The normalized spacial score (nSPS) is 13.7. The molecule has 0 atom stereocenters. The third kappa shape index (κ3) is 4.70. The van der Waals surface area contributed by atoms with Crippen LogP contribution in [0, 0.1) is 10.1 Å². The number of thiazole rings is 1. The molecule has 0 unspecified atom stereocenters. The molecule has 1 aromatic heterocycles. The van der Waals surface area contributed by atoms with E-state index in [4.69, 9.17) is 9.84 Å². The molecule has 0 saturated carbocycles. The number of nitrogens with zero attached hydrogens (tertiary/aromatic N) is 4. The van der Waals surface area contributed by atoms with E-state index in [0.29, 0.717) is 27.6 Å². The van der Waals surface area contributed by atoms with Crippen LogP contribution < -0.4 is 14.9 Å². The van der Waals surface area contributed by atoms with E-state index in [1.54, 1.807) is 28.9 Å². The number of rotatable bonds is 5. The van der Waals surface area contributed by atoms with E-state index in [1.807, 2.05) is 48.7 Å². The summed E-state index contributed by atoms with van der Waals surface area (Å²) in [5.74, 6) is 0.352. The number of fused-ring (bicyclic) bond motifs is 1. The first-order chi connectivity index (χ1) is 17.4. The fraction of sp³-hybridized carbons (Fsp3) is 0.0800. The van der Waals surface area contributed by atoms with Crippen LogP contribution in [0.15, 0.2) is 86.7 Å². The van der Waals surface area contributed by atoms with E-state index in [-0.39, 0.29) is 23.9 Å². The molecule has 5 rings (SSSR count). The molecule has 0 radical (unpaired) electrons. The van der Waals surface area contributed by atoms with Crippen molar-refractivity contribution in [3.05, 3.63) is 97.1 Å². The molecule has 0 aliphatic carbocycles. The summed E-state index contributed by atoms with van der Waals surface area (Å²) < 4.78 is 8.02. The second-order valence-corrected chi connectivity index (χ2v) is 9.48. The Morgan fingerprint density at radius 1 is 1.17 bits per heavy atom. The zero-order valence-corrected chi connectivity index (χ0v) is 21.2. The molecule has 4 aromatic rings. The van der Waals surface area contributed by atoms with Gasteiger partial charge in [-0.1, -0.05) is 46.3 Å². The van der Waals surface area contributed by atoms with Crippen LogP contribution in [0.25, 0.3) is 11.3 Å². The maximum Gasteiger partial charge on any atom is 0.294 e. The average molecular weight is 564 g/mol. The second-order valence-electron chi connectivity index (χ2n) is 7.79. The van der Waals surface area contributed by atoms with Gasteiger partial charge in [-0.2, -0.15) is 5.10 Å². The van der Waals surface area contributed by atoms with E-state index < -0.39 is 4.92 Å². The smallest absolute Gasteiger partial charge is 0.294 e. The Morgan fingerprint density at radius 3 is 2.75 bits per heavy atom. The lowest BCUT2D eigenvalue weighted by Crippen LogP contribution is -2.25. The first-order valence-corrected chi connectivity index (χ1v) is 12.4. The van der Waals surface area contributed by atoms with Gasteiger partial charge in [-0.3, -0.25) is 14.9 Å². The first kappa shape index (κ1) is 23.6. The summed E-state index contributed by atoms with van der Waals surface area (Å²) in [5, 5.41) is 21.1. The van der Waals surface area contributed by atoms with Gasteiger partial charge in [0.05, 0.1) is 22.0 Å². The van der Waals surface area contributed by atoms with Gasteiger partial charge < -0.3 is 10.1 Å². The summed E-state index contributed by atoms with van der Waals surface area (Å²) in [4.78, 5) is 28.0. The predicted octanol–water partition coefficient (Wildman–Crippen LogP) is 5.72. The quantitative estimate of drug-likeness (QED) is 0.190. The highest BCUT2D eigenvalue weighted by atomic mass is 79.9. The van der Waals surface area contributed by atoms with Crippen LogP contribution in [-0.2, 0) is 4.79 Å². The topological polar surface area (TPSA) is 111 Å². The maximum absolute atomic E-state index is 11.8. The number of carbonyl (C=O) groups is 1. The molecule has 2 heterocycles. The Labute approximate surface area is 217 Å². The monoisotopic (exact) mass is 563 g/mol. The lowest BCUT2D eigenvalue weighted by molar-refractivity contribution is -0.384. The predicted molar refractivity (Wildman–Crippen MR) is 142 cm³/mol. The van der Waals surface area contributed by atoms with Gasteiger partial charge in [-0.25, -0.2) is 9.67 Å². The summed E-state index contributed by atoms with van der Waals surface area (Å²) in [6, 6.07) is 19.5. The standard InChI is InChI=1S/C25H18BrN5O4S/c1-15(17-6-2-3-7-18(17)26)29-30-22(16-10-11-23-20(12-16)27-24(32)13-35-23)14-36-25(30)28-19-8-4-5-9-21(19)31(33)34/h2-12,14H,13H2,1H3,(H,27,32). The molecule has 180 valence electrons. The van der Waals surface area contributed by atoms with Crippen molar-refractivity contribution in [2.24, 2.45) is 10.1 Å². The number of carbonyl (C=O) groups excluding carboxylic acids is 1. The molecule has 3 aromatic carbocycles. The molecular formula is C25H18BrN5O4S. The Balaban J connectivity index is 1.71. The highest BCUT2D eigenvalue weighted by Crippen LogP contribution is 2.33. The fourth-order valence-electron chi connectivity index (χ4n) is 3.69. The number of nitro benzene ring substituents is 1. The maximum atomic E-state index is 11.8. The van der Waals surface area contributed by atoms with Crippen molar-refractivity contribution in [2.45, 2.75) is 6.92 Å². The Kier molecular flexibility index (Phi) is 6.49. The third-order valence-electron chi connectivity index (χ3n) is 5.40. The minimum Gasteiger partial charge on any atom is -0.482 e. The zero-order chi connectivity index (χ0) is 25.2. The molecule has 1 amide bonds. The van der Waals surface area contributed by atoms with Gasteiger partial charge in [0.1, 0.15) is 11.4 Å². The fourth-order valence-corrected chi connectivity index (χ4v) is 5.10. The summed E-state index contributed by atoms with van der Waals surface area (Å²) in [7, 11) is 0. The number of halogens is 1. The molecule has 36 heavy (non-hydrogen) atoms. The Bertz CT molecular complexity index is 1610. The van der Waals surface area contributed by atoms with Crippen molar-refractivity contribution >= 4 is 55.9 Å². The van der Waals surface area contributed by atoms with Crippen molar-refractivity contribution in [1.29, 1.82) is 0 Å². The summed E-state index contributed by atoms with van der Waals surface area (Å²) >= 11 is 4.87. The number of hydrogen-bond acceptors (Lipinski definition) is 7. The molecule has 0 bridgehead atoms. The van der Waals surface area contributed by atoms with Gasteiger partial charge in [-0.15, -0.1) is 11.3 Å². The zero-order valence-electron chi connectivity index (χ0n) is 18.8. The highest BCUT2D eigenvalue weighted by molar-refractivity contribution is 9.10. The molecule has 1 aliphatic rings. The van der Waals surface area contributed by atoms with Crippen LogP contribution in [-0.4, -0.2) is 27.8 Å². The van der Waals surface area contributed by atoms with Gasteiger partial charge >= 0.3 is 0 Å². The van der Waals surface area contributed by atoms with Crippen LogP contribution >= 0.6 is 27.3 Å². The van der Waals surface area contributed by atoms with Crippen molar-refractivity contribution in [3.63, 3.8) is 0 Å². The minimum absolute atomic E-state index is 0.0286. The Morgan fingerprint density at radius 2 is 1.94 bits per heavy atom. The molecule has 11 heteroatoms. The van der Waals surface area contributed by atoms with Crippen molar-refractivity contribution in [2.75, 3.05) is 11.9 Å². The van der Waals surface area contributed by atoms with Crippen LogP contribution in [0.5, 0.6) is 5.75 Å². The van der Waals surface area contributed by atoms with E-state index in [2.05, 4.69) is 26.2 Å². The van der Waals surface area contributed by atoms with E-state index in [9.17, 15) is 14.9 Å². The summed E-state index contributed by atoms with van der Waals surface area (Å²) in [5.41, 5.74) is 3.76. The van der Waals surface area contributed by atoms with Crippen LogP contribution in [0.4, 0.5) is 17.1 Å². The number of aromatic nitrogens is 1. The number of nitrogens with one attached hydrogen (secondary N) is 1. The van der Waals surface area contributed by atoms with Crippen molar-refractivity contribution in [1.82, 2.24) is 4.68 Å². The number of benzene rings is 3. The van der Waals surface area contributed by atoms with Crippen LogP contribution in [0.1, 0.15) is 12.5 Å². The first-order valence-electron chi connectivity index (χ1n) is 10.8. The second kappa shape index (κ2) is 9.88. The lowest BCUT2D eigenvalue weighted by Gasteiger charge is -2.18. The van der Waals surface area contributed by atoms with Crippen LogP contribution in [0.2, 0.25) is 0 Å². The summed E-state index contributed by atoms with van der Waals surface area (Å²) in [6.07, 6.45) is 0. The van der Waals surface area contributed by atoms with Gasteiger partial charge in [0, 0.05) is 27.0 Å². The van der Waals surface area contributed by atoms with Gasteiger partial charge in [0.15, 0.2) is 6.61 Å². The van der Waals surface area contributed by atoms with Crippen molar-refractivity contribution < 1.29 is 14.5 Å². The minimum atomic E-state index is -0.459. The van der Waals surface area contributed by atoms with E-state index in [0.717, 1.165) is 15.6 Å². The van der Waals surface area contributed by atoms with Crippen LogP contribution in [0.3, 0.4) is 0 Å². The van der Waals surface area contributed by atoms with Gasteiger partial charge in [0.2, 0.25) is 4.80 Å². The molecule has 1 N–H and O–H groups in total. The number of para-hydroxylation sites is 2. The number of nitro groups is 1. The number of ether oxygens (including phenoxy) is 1. The largest absolute Gasteiger partial charge is 0.482 e. The van der Waals surface area contributed by atoms with Gasteiger partial charge in [-0.05, 0) is 37.3 Å². The molecular weight excluding hydrogens is 546 g/mol. The number of hydrogen-bond donors (Lipinski definition) is 1. The molecule has 9 nitrogen and oxygen atoms in total. The third-order valence-corrected chi connectivity index (χ3v) is 6.91. The SMILES string of the molecule is CC(=Nn1c(-c2ccc3c(c2)NC(=O)CO3)csc1=Nc1ccccc1[N+](=O)[O-])c1ccccc1Br. The lowest BCUT2D eigenvalue weighted by atomic mass is 10.1. The molecule has 1 aliphatic heterocycles. The average Bonchev–Trinajstić information content (AvgIpc) is 3.25. The molecule has 0 saturated heterocycles. The molecule has 0 spiro atoms. The summed E-state index contributed by atoms with van der Waals surface area (Å²) in [6.45, 7) is 1.85. The number of amides is 1. The van der Waals surface area contributed by atoms with Crippen molar-refractivity contribution in [3.8, 4) is 17.0 Å². The van der Waals surface area contributed by atoms with Gasteiger partial charge in [0.25, 0.3) is 11.6 Å². The highest BCUT2D eigenvalue weighted by Gasteiger charge is 2.19. The number of anilines is 1.